The van der Waals surface area contributed by atoms with Crippen molar-refractivity contribution in [1.29, 1.82) is 0 Å². The van der Waals surface area contributed by atoms with E-state index >= 15 is 0 Å². The molecule has 2 aliphatic heterocycles. The number of rotatable bonds is 10. The van der Waals surface area contributed by atoms with Crippen LogP contribution in [0.3, 0.4) is 0 Å². The number of hydrogen-bond donors (Lipinski definition) is 0. The van der Waals surface area contributed by atoms with Gasteiger partial charge in [0.25, 0.3) is 23.6 Å². The largest absolute Gasteiger partial charge is 0.458 e. The Morgan fingerprint density at radius 2 is 0.967 bits per heavy atom. The Labute approximate surface area is 169 Å². The van der Waals surface area contributed by atoms with Crippen LogP contribution in [-0.4, -0.2) is 64.1 Å². The van der Waals surface area contributed by atoms with Crippen molar-refractivity contribution in [3.63, 3.8) is 0 Å². The second-order valence-electron chi connectivity index (χ2n) is 6.29. The summed E-state index contributed by atoms with van der Waals surface area (Å²) in [4.78, 5) is 101. The Bertz CT molecular complexity index is 706. The first-order valence-electron chi connectivity index (χ1n) is 8.98. The molecule has 0 bridgehead atoms. The van der Waals surface area contributed by atoms with E-state index in [2.05, 4.69) is 14.4 Å². The number of ether oxygens (including phenoxy) is 1. The molecule has 0 aromatic carbocycles. The molecule has 2 aliphatic rings. The Balaban J connectivity index is 1.59. The molecule has 0 N–H and O–H groups in total. The van der Waals surface area contributed by atoms with E-state index in [1.807, 2.05) is 0 Å². The van der Waals surface area contributed by atoms with Crippen LogP contribution in [0.15, 0.2) is 0 Å². The number of carbonyl (C=O) groups excluding carboxylic acids is 8. The van der Waals surface area contributed by atoms with E-state index in [0.717, 1.165) is 0 Å². The van der Waals surface area contributed by atoms with Crippen LogP contribution >= 0.6 is 0 Å². The summed E-state index contributed by atoms with van der Waals surface area (Å²) in [6.45, 7) is -0.661. The van der Waals surface area contributed by atoms with Gasteiger partial charge in [-0.05, 0) is 0 Å². The molecule has 13 heteroatoms. The van der Waals surface area contributed by atoms with Gasteiger partial charge in [-0.2, -0.15) is 0 Å². The van der Waals surface area contributed by atoms with Crippen LogP contribution in [0.5, 0.6) is 0 Å². The maximum absolute atomic E-state index is 11.7. The average molecular weight is 426 g/mol. The number of carbonyl (C=O) groups is 8. The smallest absolute Gasteiger partial charge is 0.333 e. The number of ketones is 1. The summed E-state index contributed by atoms with van der Waals surface area (Å²) in [5, 5.41) is 0.703. The first kappa shape index (κ1) is 22.6. The molecule has 2 rings (SSSR count). The molecule has 2 heterocycles. The highest BCUT2D eigenvalue weighted by molar-refractivity contribution is 6.02. The van der Waals surface area contributed by atoms with Gasteiger partial charge in [-0.3, -0.25) is 28.8 Å². The van der Waals surface area contributed by atoms with Crippen molar-refractivity contribution in [2.75, 3.05) is 6.61 Å². The Morgan fingerprint density at radius 1 is 0.600 bits per heavy atom. The lowest BCUT2D eigenvalue weighted by Gasteiger charge is -2.12. The summed E-state index contributed by atoms with van der Waals surface area (Å²) in [6, 6.07) is 0. The molecule has 0 saturated carbocycles. The second-order valence-corrected chi connectivity index (χ2v) is 6.29. The topological polar surface area (TPSA) is 171 Å². The number of nitrogens with zero attached hydrogens (tertiary/aromatic N) is 2. The zero-order valence-corrected chi connectivity index (χ0v) is 15.7. The van der Waals surface area contributed by atoms with Gasteiger partial charge in [0.15, 0.2) is 5.78 Å². The van der Waals surface area contributed by atoms with Crippen molar-refractivity contribution in [2.24, 2.45) is 0 Å². The number of hydrogen-bond acceptors (Lipinski definition) is 11. The minimum Gasteiger partial charge on any atom is -0.458 e. The maximum Gasteiger partial charge on any atom is 0.333 e. The van der Waals surface area contributed by atoms with Crippen molar-refractivity contribution in [3.8, 4) is 0 Å². The molecule has 0 radical (unpaired) electrons. The van der Waals surface area contributed by atoms with E-state index in [1.54, 1.807) is 0 Å². The molecule has 30 heavy (non-hydrogen) atoms. The van der Waals surface area contributed by atoms with Gasteiger partial charge >= 0.3 is 17.9 Å². The molecule has 2 fully saturated rings. The van der Waals surface area contributed by atoms with Gasteiger partial charge in [0.05, 0.1) is 19.3 Å². The van der Waals surface area contributed by atoms with Crippen molar-refractivity contribution < 1.29 is 52.8 Å². The Morgan fingerprint density at radius 3 is 1.40 bits per heavy atom. The summed E-state index contributed by atoms with van der Waals surface area (Å²) < 4.78 is 4.65. The van der Waals surface area contributed by atoms with Crippen LogP contribution in [0.2, 0.25) is 0 Å². The van der Waals surface area contributed by atoms with Crippen molar-refractivity contribution in [2.45, 2.75) is 51.4 Å². The van der Waals surface area contributed by atoms with Crippen LogP contribution in [0, 0.1) is 0 Å². The predicted octanol–water partition coefficient (Wildman–Crippen LogP) is -1.13. The van der Waals surface area contributed by atoms with Crippen molar-refractivity contribution in [3.05, 3.63) is 0 Å². The fourth-order valence-corrected chi connectivity index (χ4v) is 2.36. The van der Waals surface area contributed by atoms with Crippen LogP contribution in [0.1, 0.15) is 51.4 Å². The van der Waals surface area contributed by atoms with E-state index in [4.69, 9.17) is 0 Å². The third-order valence-corrected chi connectivity index (χ3v) is 3.93. The van der Waals surface area contributed by atoms with Crippen LogP contribution in [0.4, 0.5) is 0 Å². The van der Waals surface area contributed by atoms with E-state index in [9.17, 15) is 38.4 Å². The highest BCUT2D eigenvalue weighted by Gasteiger charge is 2.33. The van der Waals surface area contributed by atoms with E-state index in [0.29, 0.717) is 10.1 Å². The summed E-state index contributed by atoms with van der Waals surface area (Å²) in [7, 11) is 0. The minimum absolute atomic E-state index is 0.0564. The molecular formula is C17H18N2O11. The Hall–Kier alpha value is -3.64. The number of Topliss-reactive ketones (excluding diaryl/α,β-unsaturated/α-hetero) is 1. The quantitative estimate of drug-likeness (QED) is 0.306. The minimum atomic E-state index is -0.990. The average Bonchev–Trinajstić information content (AvgIpc) is 3.19. The molecule has 4 amide bonds. The molecule has 0 spiro atoms. The zero-order valence-electron chi connectivity index (χ0n) is 15.7. The van der Waals surface area contributed by atoms with Gasteiger partial charge in [-0.15, -0.1) is 10.1 Å². The van der Waals surface area contributed by atoms with Crippen molar-refractivity contribution >= 4 is 47.3 Å². The number of esters is 1. The lowest BCUT2D eigenvalue weighted by atomic mass is 10.2. The van der Waals surface area contributed by atoms with Crippen LogP contribution < -0.4 is 0 Å². The van der Waals surface area contributed by atoms with Gasteiger partial charge in [0.2, 0.25) is 0 Å². The number of amides is 4. The highest BCUT2D eigenvalue weighted by atomic mass is 16.7. The van der Waals surface area contributed by atoms with Gasteiger partial charge in [0, 0.05) is 32.1 Å². The molecule has 0 aromatic rings. The summed E-state index contributed by atoms with van der Waals surface area (Å²) in [5.74, 6) is -6.10. The standard InChI is InChI=1S/C17H18N2O11/c20-10(1-6-16(26)29-18-11(21)2-3-12(18)22)9-28-15(25)7-8-17(27)30-19-13(23)4-5-14(19)24/h1-9H2. The van der Waals surface area contributed by atoms with Crippen molar-refractivity contribution in [1.82, 2.24) is 10.1 Å². The maximum atomic E-state index is 11.7. The first-order chi connectivity index (χ1) is 14.2. The predicted molar refractivity (Wildman–Crippen MR) is 88.8 cm³/mol. The van der Waals surface area contributed by atoms with E-state index in [-0.39, 0.29) is 32.1 Å². The molecular weight excluding hydrogens is 408 g/mol. The first-order valence-corrected chi connectivity index (χ1v) is 8.98. The fourth-order valence-electron chi connectivity index (χ4n) is 2.36. The third kappa shape index (κ3) is 6.46. The molecule has 13 nitrogen and oxygen atoms in total. The van der Waals surface area contributed by atoms with E-state index in [1.165, 1.54) is 0 Å². The molecule has 2 saturated heterocycles. The summed E-state index contributed by atoms with van der Waals surface area (Å²) in [5.41, 5.74) is 0. The van der Waals surface area contributed by atoms with Gasteiger partial charge in [-0.1, -0.05) is 0 Å². The SMILES string of the molecule is O=C(CCC(=O)ON1C(=O)CCC1=O)COC(=O)CCC(=O)ON1C(=O)CCC1=O. The summed E-state index contributed by atoms with van der Waals surface area (Å²) in [6.07, 6.45) is -1.96. The monoisotopic (exact) mass is 426 g/mol. The zero-order chi connectivity index (χ0) is 22.3. The van der Waals surface area contributed by atoms with Crippen LogP contribution in [0.25, 0.3) is 0 Å². The Kier molecular flexibility index (Phi) is 7.72. The third-order valence-electron chi connectivity index (χ3n) is 3.93. The van der Waals surface area contributed by atoms with Crippen LogP contribution in [-0.2, 0) is 52.8 Å². The molecule has 162 valence electrons. The molecule has 0 unspecified atom stereocenters. The van der Waals surface area contributed by atoms with Gasteiger partial charge < -0.3 is 14.4 Å². The molecule has 0 aromatic heterocycles. The van der Waals surface area contributed by atoms with Gasteiger partial charge in [0.1, 0.15) is 6.61 Å². The lowest BCUT2D eigenvalue weighted by Crippen LogP contribution is -2.32. The molecule has 0 aliphatic carbocycles. The number of imide groups is 2. The normalized spacial score (nSPS) is 16.1. The highest BCUT2D eigenvalue weighted by Crippen LogP contribution is 2.14. The lowest BCUT2D eigenvalue weighted by molar-refractivity contribution is -0.197. The number of hydroxylamine groups is 4. The van der Waals surface area contributed by atoms with E-state index < -0.39 is 73.2 Å². The summed E-state index contributed by atoms with van der Waals surface area (Å²) >= 11 is 0. The fraction of sp³-hybridized carbons (Fsp3) is 0.529. The molecule has 0 atom stereocenters. The second kappa shape index (κ2) is 10.2. The van der Waals surface area contributed by atoms with Gasteiger partial charge in [-0.25, -0.2) is 9.59 Å².